The Hall–Kier alpha value is -1.84. The Labute approximate surface area is 118 Å². The van der Waals surface area contributed by atoms with Gasteiger partial charge in [0.15, 0.2) is 5.67 Å². The fourth-order valence-corrected chi connectivity index (χ4v) is 2.60. The van der Waals surface area contributed by atoms with Crippen LogP contribution in [0.15, 0.2) is 11.0 Å². The highest BCUT2D eigenvalue weighted by Gasteiger charge is 2.55. The van der Waals surface area contributed by atoms with Crippen LogP contribution >= 0.6 is 0 Å². The van der Waals surface area contributed by atoms with E-state index in [1.165, 1.54) is 17.6 Å². The molecule has 1 saturated heterocycles. The molecule has 3 rings (SSSR count). The van der Waals surface area contributed by atoms with Gasteiger partial charge < -0.3 is 19.9 Å². The molecule has 8 nitrogen and oxygen atoms in total. The molecule has 2 aromatic heterocycles. The fraction of sp³-hybridized carbons (Fsp3) is 0.583. The van der Waals surface area contributed by atoms with Crippen molar-refractivity contribution in [1.82, 2.24) is 19.6 Å². The molecule has 0 bridgehead atoms. The molecule has 0 radical (unpaired) electrons. The number of rotatable bonds is 2. The largest absolute Gasteiger partial charge is 0.394 e. The van der Waals surface area contributed by atoms with Crippen molar-refractivity contribution in [2.24, 2.45) is 0 Å². The molecule has 0 aliphatic carbocycles. The van der Waals surface area contributed by atoms with Crippen molar-refractivity contribution in [3.05, 3.63) is 28.1 Å². The predicted octanol–water partition coefficient (Wildman–Crippen LogP) is -0.753. The van der Waals surface area contributed by atoms with Gasteiger partial charge in [-0.25, -0.2) is 13.9 Å². The van der Waals surface area contributed by atoms with E-state index in [1.54, 1.807) is 6.92 Å². The highest BCUT2D eigenvalue weighted by molar-refractivity contribution is 5.37. The lowest BCUT2D eigenvalue weighted by atomic mass is 9.93. The van der Waals surface area contributed by atoms with Crippen LogP contribution in [0.2, 0.25) is 0 Å². The Morgan fingerprint density at radius 3 is 2.95 bits per heavy atom. The summed E-state index contributed by atoms with van der Waals surface area (Å²) in [5.41, 5.74) is -2.37. The normalized spacial score (nSPS) is 32.9. The molecule has 0 aromatic carbocycles. The first-order valence-corrected chi connectivity index (χ1v) is 6.44. The number of nitrogens with zero attached hydrogens (tertiary/aromatic N) is 3. The maximum absolute atomic E-state index is 14.8. The van der Waals surface area contributed by atoms with Gasteiger partial charge >= 0.3 is 0 Å². The Kier molecular flexibility index (Phi) is 3.08. The maximum atomic E-state index is 14.8. The van der Waals surface area contributed by atoms with Crippen LogP contribution in [0.25, 0.3) is 5.65 Å². The van der Waals surface area contributed by atoms with Crippen LogP contribution in [0.1, 0.15) is 24.5 Å². The van der Waals surface area contributed by atoms with Crippen molar-refractivity contribution in [1.29, 1.82) is 0 Å². The minimum Gasteiger partial charge on any atom is -0.394 e. The summed E-state index contributed by atoms with van der Waals surface area (Å²) >= 11 is 0. The minimum absolute atomic E-state index is 0.0111. The van der Waals surface area contributed by atoms with E-state index in [-0.39, 0.29) is 11.3 Å². The molecule has 0 spiro atoms. The summed E-state index contributed by atoms with van der Waals surface area (Å²) in [6.07, 6.45) is -2.43. The second-order valence-electron chi connectivity index (χ2n) is 5.29. The number of nitrogens with one attached hydrogen (secondary N) is 1. The lowest BCUT2D eigenvalue weighted by Crippen LogP contribution is -2.39. The van der Waals surface area contributed by atoms with Gasteiger partial charge in [-0.1, -0.05) is 0 Å². The van der Waals surface area contributed by atoms with Gasteiger partial charge in [-0.3, -0.25) is 4.79 Å². The third-order valence-corrected chi connectivity index (χ3v) is 3.71. The molecule has 0 amide bonds. The van der Waals surface area contributed by atoms with Gasteiger partial charge in [0.2, 0.25) is 5.65 Å². The van der Waals surface area contributed by atoms with E-state index < -0.39 is 36.1 Å². The zero-order chi connectivity index (χ0) is 15.4. The van der Waals surface area contributed by atoms with Crippen LogP contribution in [0, 0.1) is 6.92 Å². The van der Waals surface area contributed by atoms with Gasteiger partial charge in [0.25, 0.3) is 5.56 Å². The van der Waals surface area contributed by atoms with Gasteiger partial charge in [0.1, 0.15) is 24.1 Å². The number of hydrogen-bond acceptors (Lipinski definition) is 6. The third kappa shape index (κ3) is 1.96. The zero-order valence-electron chi connectivity index (χ0n) is 11.4. The number of aryl methyl sites for hydroxylation is 1. The molecule has 2 aromatic rings. The number of aliphatic hydroxyl groups is 2. The summed E-state index contributed by atoms with van der Waals surface area (Å²) in [6.45, 7) is 2.25. The smallest absolute Gasteiger partial charge is 0.294 e. The molecular weight excluding hydrogens is 283 g/mol. The zero-order valence-corrected chi connectivity index (χ0v) is 11.4. The fourth-order valence-electron chi connectivity index (χ4n) is 2.60. The first-order valence-electron chi connectivity index (χ1n) is 6.44. The summed E-state index contributed by atoms with van der Waals surface area (Å²) in [5, 5.41) is 23.1. The number of alkyl halides is 1. The molecule has 3 heterocycles. The highest BCUT2D eigenvalue weighted by Crippen LogP contribution is 2.43. The Morgan fingerprint density at radius 1 is 1.62 bits per heavy atom. The van der Waals surface area contributed by atoms with Crippen LogP contribution in [-0.4, -0.2) is 54.3 Å². The van der Waals surface area contributed by atoms with Gasteiger partial charge in [-0.05, 0) is 13.8 Å². The average molecular weight is 298 g/mol. The molecule has 1 aliphatic heterocycles. The predicted molar refractivity (Wildman–Crippen MR) is 68.6 cm³/mol. The first-order chi connectivity index (χ1) is 9.86. The summed E-state index contributed by atoms with van der Waals surface area (Å²) in [6, 6.07) is 0. The van der Waals surface area contributed by atoms with Crippen molar-refractivity contribution in [3.63, 3.8) is 0 Å². The van der Waals surface area contributed by atoms with E-state index in [1.807, 2.05) is 0 Å². The number of aromatic amines is 1. The van der Waals surface area contributed by atoms with Crippen LogP contribution in [0.4, 0.5) is 4.39 Å². The van der Waals surface area contributed by atoms with E-state index in [0.717, 1.165) is 0 Å². The number of imidazole rings is 1. The number of fused-ring (bicyclic) bond motifs is 1. The van der Waals surface area contributed by atoms with Gasteiger partial charge in [-0.15, -0.1) is 0 Å². The third-order valence-electron chi connectivity index (χ3n) is 3.71. The molecule has 0 saturated carbocycles. The number of H-pyrrole nitrogens is 1. The van der Waals surface area contributed by atoms with Crippen LogP contribution in [-0.2, 0) is 4.74 Å². The number of hydrogen-bond donors (Lipinski definition) is 3. The van der Waals surface area contributed by atoms with E-state index in [9.17, 15) is 14.3 Å². The summed E-state index contributed by atoms with van der Waals surface area (Å²) in [7, 11) is 0. The molecule has 21 heavy (non-hydrogen) atoms. The number of aromatic nitrogens is 4. The summed E-state index contributed by atoms with van der Waals surface area (Å²) in [4.78, 5) is 18.2. The minimum atomic E-state index is -2.14. The van der Waals surface area contributed by atoms with Gasteiger partial charge in [0, 0.05) is 0 Å². The SMILES string of the molecule is Cc1nn2c([C@@H]3O[C@H](CO)[C@@H](O)[C@@]3(C)F)cnc2c(=O)[nH]1. The van der Waals surface area contributed by atoms with E-state index in [4.69, 9.17) is 9.84 Å². The lowest BCUT2D eigenvalue weighted by molar-refractivity contribution is -0.0248. The van der Waals surface area contributed by atoms with E-state index >= 15 is 0 Å². The summed E-state index contributed by atoms with van der Waals surface area (Å²) in [5.74, 6) is 0.338. The quantitative estimate of drug-likeness (QED) is 0.672. The van der Waals surface area contributed by atoms with Crippen molar-refractivity contribution in [3.8, 4) is 0 Å². The number of aliphatic hydroxyl groups excluding tert-OH is 2. The second-order valence-corrected chi connectivity index (χ2v) is 5.29. The molecule has 114 valence electrons. The molecule has 0 unspecified atom stereocenters. The van der Waals surface area contributed by atoms with Crippen LogP contribution in [0.3, 0.4) is 0 Å². The molecule has 3 N–H and O–H groups in total. The number of ether oxygens (including phenoxy) is 1. The van der Waals surface area contributed by atoms with Crippen molar-refractivity contribution < 1.29 is 19.3 Å². The van der Waals surface area contributed by atoms with E-state index in [2.05, 4.69) is 15.1 Å². The van der Waals surface area contributed by atoms with Crippen molar-refractivity contribution in [2.75, 3.05) is 6.61 Å². The van der Waals surface area contributed by atoms with Gasteiger partial charge in [0.05, 0.1) is 18.5 Å². The van der Waals surface area contributed by atoms with Crippen molar-refractivity contribution >= 4 is 5.65 Å². The molecule has 1 aliphatic rings. The summed E-state index contributed by atoms with van der Waals surface area (Å²) < 4.78 is 21.3. The Morgan fingerprint density at radius 2 is 2.33 bits per heavy atom. The Bertz CT molecular complexity index is 740. The molecule has 9 heteroatoms. The lowest BCUT2D eigenvalue weighted by Gasteiger charge is -2.23. The number of halogens is 1. The highest BCUT2D eigenvalue weighted by atomic mass is 19.1. The topological polar surface area (TPSA) is 113 Å². The molecular formula is C12H15FN4O4. The molecule has 1 fully saturated rings. The first kappa shape index (κ1) is 14.1. The monoisotopic (exact) mass is 298 g/mol. The second kappa shape index (κ2) is 4.58. The molecule has 4 atom stereocenters. The average Bonchev–Trinajstić information content (AvgIpc) is 2.91. The standard InChI is InChI=1S/C12H15FN4O4/c1-5-15-11(20)10-14-3-6(17(10)16-5)9-12(2,13)8(19)7(4-18)21-9/h3,7-9,18-19H,4H2,1-2H3,(H,15,16,20)/t7-,8-,9+,12-/m1/s1. The Balaban J connectivity index is 2.15. The van der Waals surface area contributed by atoms with Gasteiger partial charge in [-0.2, -0.15) is 5.10 Å². The van der Waals surface area contributed by atoms with Crippen LogP contribution < -0.4 is 5.56 Å². The van der Waals surface area contributed by atoms with Crippen LogP contribution in [0.5, 0.6) is 0 Å². The van der Waals surface area contributed by atoms with E-state index in [0.29, 0.717) is 5.82 Å². The van der Waals surface area contributed by atoms with Crippen molar-refractivity contribution in [2.45, 2.75) is 37.8 Å². The maximum Gasteiger partial charge on any atom is 0.294 e.